The van der Waals surface area contributed by atoms with Crippen LogP contribution in [0, 0.1) is 0 Å². The minimum absolute atomic E-state index is 0.121. The van der Waals surface area contributed by atoms with Crippen LogP contribution in [0.15, 0.2) is 24.3 Å². The number of carboxylic acids is 1. The molecule has 7 heteroatoms. The highest BCUT2D eigenvalue weighted by molar-refractivity contribution is 5.94. The Kier molecular flexibility index (Phi) is 6.37. The van der Waals surface area contributed by atoms with Crippen molar-refractivity contribution in [2.45, 2.75) is 12.5 Å². The van der Waals surface area contributed by atoms with Gasteiger partial charge in [0.25, 0.3) is 5.91 Å². The number of hydrogen-bond donors (Lipinski definition) is 1. The van der Waals surface area contributed by atoms with Crippen LogP contribution in [0.3, 0.4) is 0 Å². The Morgan fingerprint density at radius 2 is 2.04 bits per heavy atom. The third-order valence-corrected chi connectivity index (χ3v) is 3.56. The summed E-state index contributed by atoms with van der Waals surface area (Å²) in [4.78, 5) is 25.1. The topological polar surface area (TPSA) is 85.3 Å². The van der Waals surface area contributed by atoms with Gasteiger partial charge in [-0.05, 0) is 24.3 Å². The first kappa shape index (κ1) is 17.2. The molecule has 1 atom stereocenters. The number of morpholine rings is 1. The van der Waals surface area contributed by atoms with E-state index in [0.29, 0.717) is 37.7 Å². The van der Waals surface area contributed by atoms with Gasteiger partial charge in [-0.2, -0.15) is 0 Å². The van der Waals surface area contributed by atoms with Crippen molar-refractivity contribution in [1.82, 2.24) is 4.90 Å². The van der Waals surface area contributed by atoms with Gasteiger partial charge in [-0.25, -0.2) is 0 Å². The second kappa shape index (κ2) is 8.50. The van der Waals surface area contributed by atoms with Gasteiger partial charge in [0.15, 0.2) is 0 Å². The monoisotopic (exact) mass is 323 g/mol. The van der Waals surface area contributed by atoms with E-state index < -0.39 is 12.0 Å². The van der Waals surface area contributed by atoms with Gasteiger partial charge in [-0.1, -0.05) is 0 Å². The highest BCUT2D eigenvalue weighted by atomic mass is 16.5. The normalized spacial score (nSPS) is 17.8. The molecule has 1 aromatic rings. The standard InChI is InChI=1S/C16H21NO6/c1-21-8-9-23-14-4-2-12(3-5-14)16(20)17-6-7-22-11-13(17)10-15(18)19/h2-5,13H,6-11H2,1H3,(H,18,19). The first-order chi connectivity index (χ1) is 11.1. The molecule has 0 bridgehead atoms. The summed E-state index contributed by atoms with van der Waals surface area (Å²) in [5.41, 5.74) is 0.501. The van der Waals surface area contributed by atoms with E-state index in [1.54, 1.807) is 36.3 Å². The van der Waals surface area contributed by atoms with Crippen molar-refractivity contribution >= 4 is 11.9 Å². The van der Waals surface area contributed by atoms with Crippen LogP contribution in [-0.2, 0) is 14.3 Å². The van der Waals surface area contributed by atoms with Crippen LogP contribution in [0.5, 0.6) is 5.75 Å². The number of carboxylic acid groups (broad SMARTS) is 1. The van der Waals surface area contributed by atoms with Crippen LogP contribution in [-0.4, -0.2) is 68.0 Å². The van der Waals surface area contributed by atoms with Crippen molar-refractivity contribution in [2.75, 3.05) is 40.1 Å². The van der Waals surface area contributed by atoms with Crippen LogP contribution < -0.4 is 4.74 Å². The van der Waals surface area contributed by atoms with Crippen LogP contribution in [0.1, 0.15) is 16.8 Å². The van der Waals surface area contributed by atoms with Crippen molar-refractivity contribution in [3.05, 3.63) is 29.8 Å². The lowest BCUT2D eigenvalue weighted by Gasteiger charge is -2.34. The number of nitrogens with zero attached hydrogens (tertiary/aromatic N) is 1. The lowest BCUT2D eigenvalue weighted by molar-refractivity contribution is -0.139. The minimum Gasteiger partial charge on any atom is -0.491 e. The van der Waals surface area contributed by atoms with Crippen molar-refractivity contribution in [3.63, 3.8) is 0 Å². The second-order valence-electron chi connectivity index (χ2n) is 5.19. The largest absolute Gasteiger partial charge is 0.491 e. The van der Waals surface area contributed by atoms with E-state index in [9.17, 15) is 9.59 Å². The fraction of sp³-hybridized carbons (Fsp3) is 0.500. The van der Waals surface area contributed by atoms with Gasteiger partial charge in [-0.3, -0.25) is 9.59 Å². The SMILES string of the molecule is COCCOc1ccc(C(=O)N2CCOCC2CC(=O)O)cc1. The number of ether oxygens (including phenoxy) is 3. The maximum atomic E-state index is 12.6. The molecule has 1 saturated heterocycles. The Morgan fingerprint density at radius 1 is 1.30 bits per heavy atom. The first-order valence-electron chi connectivity index (χ1n) is 7.44. The molecule has 0 radical (unpaired) electrons. The zero-order chi connectivity index (χ0) is 16.7. The summed E-state index contributed by atoms with van der Waals surface area (Å²) in [6, 6.07) is 6.35. The molecule has 1 heterocycles. The Hall–Kier alpha value is -2.12. The molecule has 0 saturated carbocycles. The average Bonchev–Trinajstić information content (AvgIpc) is 2.55. The smallest absolute Gasteiger partial charge is 0.305 e. The molecule has 1 fully saturated rings. The Balaban J connectivity index is 2.01. The van der Waals surface area contributed by atoms with E-state index in [1.165, 1.54) is 0 Å². The van der Waals surface area contributed by atoms with Crippen molar-refractivity contribution in [3.8, 4) is 5.75 Å². The number of hydrogen-bond acceptors (Lipinski definition) is 5. The molecule has 1 aliphatic heterocycles. The van der Waals surface area contributed by atoms with Gasteiger partial charge in [0.2, 0.25) is 0 Å². The lowest BCUT2D eigenvalue weighted by Crippen LogP contribution is -2.49. The maximum absolute atomic E-state index is 12.6. The molecule has 0 aromatic heterocycles. The summed E-state index contributed by atoms with van der Waals surface area (Å²) in [6.45, 7) is 1.98. The number of rotatable bonds is 7. The fourth-order valence-corrected chi connectivity index (χ4v) is 2.40. The molecule has 0 spiro atoms. The Labute approximate surface area is 134 Å². The number of carbonyl (C=O) groups is 2. The highest BCUT2D eigenvalue weighted by Crippen LogP contribution is 2.18. The summed E-state index contributed by atoms with van der Waals surface area (Å²) in [6.07, 6.45) is -0.121. The zero-order valence-electron chi connectivity index (χ0n) is 13.1. The molecule has 0 aliphatic carbocycles. The summed E-state index contributed by atoms with van der Waals surface area (Å²) in [7, 11) is 1.60. The molecular weight excluding hydrogens is 302 g/mol. The number of carbonyl (C=O) groups excluding carboxylic acids is 1. The molecule has 1 unspecified atom stereocenters. The maximum Gasteiger partial charge on any atom is 0.305 e. The van der Waals surface area contributed by atoms with Crippen molar-refractivity contribution in [1.29, 1.82) is 0 Å². The third-order valence-electron chi connectivity index (χ3n) is 3.56. The van der Waals surface area contributed by atoms with Crippen molar-refractivity contribution < 1.29 is 28.9 Å². The molecule has 23 heavy (non-hydrogen) atoms. The Morgan fingerprint density at radius 3 is 2.70 bits per heavy atom. The van der Waals surface area contributed by atoms with E-state index in [-0.39, 0.29) is 18.9 Å². The van der Waals surface area contributed by atoms with Gasteiger partial charge in [0.05, 0.1) is 32.3 Å². The van der Waals surface area contributed by atoms with Gasteiger partial charge >= 0.3 is 5.97 Å². The summed E-state index contributed by atoms with van der Waals surface area (Å²) < 4.78 is 15.6. The van der Waals surface area contributed by atoms with Crippen LogP contribution in [0.4, 0.5) is 0 Å². The van der Waals surface area contributed by atoms with Gasteiger partial charge in [0.1, 0.15) is 12.4 Å². The van der Waals surface area contributed by atoms with Gasteiger partial charge in [0, 0.05) is 19.2 Å². The molecular formula is C16H21NO6. The van der Waals surface area contributed by atoms with E-state index >= 15 is 0 Å². The summed E-state index contributed by atoms with van der Waals surface area (Å²) in [5.74, 6) is -0.481. The van der Waals surface area contributed by atoms with Crippen LogP contribution in [0.25, 0.3) is 0 Å². The van der Waals surface area contributed by atoms with Crippen molar-refractivity contribution in [2.24, 2.45) is 0 Å². The Bertz CT molecular complexity index is 530. The number of benzene rings is 1. The molecule has 1 aromatic carbocycles. The molecule has 2 rings (SSSR count). The number of aliphatic carboxylic acids is 1. The lowest BCUT2D eigenvalue weighted by atomic mass is 10.1. The molecule has 1 aliphatic rings. The summed E-state index contributed by atoms with van der Waals surface area (Å²) >= 11 is 0. The fourth-order valence-electron chi connectivity index (χ4n) is 2.40. The number of amides is 1. The zero-order valence-corrected chi connectivity index (χ0v) is 13.1. The van der Waals surface area contributed by atoms with Crippen LogP contribution in [0.2, 0.25) is 0 Å². The molecule has 1 N–H and O–H groups in total. The predicted octanol–water partition coefficient (Wildman–Crippen LogP) is 1.03. The first-order valence-corrected chi connectivity index (χ1v) is 7.44. The van der Waals surface area contributed by atoms with E-state index in [2.05, 4.69) is 0 Å². The quantitative estimate of drug-likeness (QED) is 0.754. The van der Waals surface area contributed by atoms with Crippen LogP contribution >= 0.6 is 0 Å². The average molecular weight is 323 g/mol. The molecule has 126 valence electrons. The number of methoxy groups -OCH3 is 1. The van der Waals surface area contributed by atoms with E-state index in [4.69, 9.17) is 19.3 Å². The summed E-state index contributed by atoms with van der Waals surface area (Å²) in [5, 5.41) is 8.95. The third kappa shape index (κ3) is 4.94. The van der Waals surface area contributed by atoms with Gasteiger partial charge in [-0.15, -0.1) is 0 Å². The predicted molar refractivity (Wildman–Crippen MR) is 81.7 cm³/mol. The van der Waals surface area contributed by atoms with E-state index in [0.717, 1.165) is 0 Å². The minimum atomic E-state index is -0.944. The molecule has 1 amide bonds. The second-order valence-corrected chi connectivity index (χ2v) is 5.19. The molecule has 7 nitrogen and oxygen atoms in total. The van der Waals surface area contributed by atoms with Gasteiger partial charge < -0.3 is 24.2 Å². The van der Waals surface area contributed by atoms with E-state index in [1.807, 2.05) is 0 Å². The highest BCUT2D eigenvalue weighted by Gasteiger charge is 2.29.